The van der Waals surface area contributed by atoms with Crippen LogP contribution in [0.1, 0.15) is 32.5 Å². The number of rotatable bonds is 7. The maximum absolute atomic E-state index is 13.5. The molecule has 1 amide bonds. The van der Waals surface area contributed by atoms with Gasteiger partial charge in [-0.2, -0.15) is 0 Å². The highest BCUT2D eigenvalue weighted by molar-refractivity contribution is 6.16. The number of hydrogen-bond donors (Lipinski definition) is 1. The number of hydrogen-bond acceptors (Lipinski definition) is 7. The number of nitrogens with zero attached hydrogens (tertiary/aromatic N) is 2. The molecule has 1 aliphatic heterocycles. The van der Waals surface area contributed by atoms with E-state index in [1.807, 2.05) is 31.1 Å². The van der Waals surface area contributed by atoms with Crippen molar-refractivity contribution in [1.82, 2.24) is 9.80 Å². The number of likely N-dealkylation sites (N-methyl/N-ethyl adjacent to an activating group) is 1. The third-order valence-corrected chi connectivity index (χ3v) is 5.63. The number of esters is 1. The zero-order chi connectivity index (χ0) is 23.7. The Labute approximate surface area is 190 Å². The molecule has 33 heavy (non-hydrogen) atoms. The molecule has 2 aromatic carbocycles. The lowest BCUT2D eigenvalue weighted by molar-refractivity contribution is -0.129. The molecule has 2 heterocycles. The van der Waals surface area contributed by atoms with Gasteiger partial charge in [-0.25, -0.2) is 4.79 Å². The largest absolute Gasteiger partial charge is 0.503 e. The van der Waals surface area contributed by atoms with Crippen LogP contribution in [0.5, 0.6) is 0 Å². The van der Waals surface area contributed by atoms with Crippen molar-refractivity contribution in [3.63, 3.8) is 0 Å². The number of methoxy groups -OCH3 is 1. The number of para-hydroxylation sites is 1. The number of carbonyl (C=O) groups excluding carboxylic acids is 3. The van der Waals surface area contributed by atoms with Gasteiger partial charge in [-0.05, 0) is 43.9 Å². The van der Waals surface area contributed by atoms with E-state index in [0.29, 0.717) is 23.3 Å². The van der Waals surface area contributed by atoms with Gasteiger partial charge in [0.1, 0.15) is 5.58 Å². The van der Waals surface area contributed by atoms with Crippen LogP contribution in [0, 0.1) is 0 Å². The van der Waals surface area contributed by atoms with Crippen molar-refractivity contribution in [1.29, 1.82) is 0 Å². The first kappa shape index (κ1) is 22.3. The summed E-state index contributed by atoms with van der Waals surface area (Å²) >= 11 is 0. The molecule has 1 N–H and O–H groups in total. The molecule has 0 radical (unpaired) electrons. The second kappa shape index (κ2) is 8.91. The molecule has 1 aliphatic rings. The number of amides is 1. The highest BCUT2D eigenvalue weighted by Crippen LogP contribution is 2.39. The fourth-order valence-corrected chi connectivity index (χ4v) is 3.92. The Morgan fingerprint density at radius 2 is 1.82 bits per heavy atom. The molecule has 1 atom stereocenters. The summed E-state index contributed by atoms with van der Waals surface area (Å²) in [5, 5.41) is 11.5. The SMILES string of the molecule is COC(=O)c1ccc([C@@H]2C(C(=O)c3cc4ccccc4o3)=C(O)C(=O)N2CCN(C)C)cc1. The van der Waals surface area contributed by atoms with Gasteiger partial charge < -0.3 is 24.1 Å². The Morgan fingerprint density at radius 1 is 1.12 bits per heavy atom. The van der Waals surface area contributed by atoms with Crippen LogP contribution in [-0.4, -0.2) is 66.9 Å². The van der Waals surface area contributed by atoms with Gasteiger partial charge in [0, 0.05) is 18.5 Å². The van der Waals surface area contributed by atoms with Gasteiger partial charge in [-0.1, -0.05) is 30.3 Å². The van der Waals surface area contributed by atoms with Crippen LogP contribution in [0.4, 0.5) is 0 Å². The van der Waals surface area contributed by atoms with Crippen LogP contribution in [0.3, 0.4) is 0 Å². The number of ketones is 1. The Morgan fingerprint density at radius 3 is 2.45 bits per heavy atom. The first-order chi connectivity index (χ1) is 15.8. The number of Topliss-reactive ketones (excluding diaryl/α,β-unsaturated/α-hetero) is 1. The molecule has 1 aromatic heterocycles. The molecule has 8 heteroatoms. The van der Waals surface area contributed by atoms with Gasteiger partial charge >= 0.3 is 5.97 Å². The second-order valence-corrected chi connectivity index (χ2v) is 8.06. The minimum Gasteiger partial charge on any atom is -0.503 e. The minimum absolute atomic E-state index is 0.0381. The monoisotopic (exact) mass is 448 g/mol. The maximum Gasteiger partial charge on any atom is 0.337 e. The Hall–Kier alpha value is -3.91. The van der Waals surface area contributed by atoms with E-state index in [1.165, 1.54) is 12.0 Å². The lowest BCUT2D eigenvalue weighted by Crippen LogP contribution is -2.36. The highest BCUT2D eigenvalue weighted by Gasteiger charge is 2.44. The third kappa shape index (κ3) is 4.12. The number of ether oxygens (including phenoxy) is 1. The normalized spacial score (nSPS) is 16.2. The standard InChI is InChI=1S/C25H24N2O6/c1-26(2)12-13-27-21(15-8-10-16(11-9-15)25(31)32-3)20(23(29)24(27)30)22(28)19-14-17-6-4-5-7-18(17)33-19/h4-11,14,21,29H,12-13H2,1-3H3/t21-/m1/s1. The van der Waals surface area contributed by atoms with E-state index in [9.17, 15) is 19.5 Å². The summed E-state index contributed by atoms with van der Waals surface area (Å²) in [6, 6.07) is 14.4. The van der Waals surface area contributed by atoms with Crippen LogP contribution in [0.25, 0.3) is 11.0 Å². The summed E-state index contributed by atoms with van der Waals surface area (Å²) < 4.78 is 10.5. The van der Waals surface area contributed by atoms with Crippen LogP contribution in [0.15, 0.2) is 70.3 Å². The minimum atomic E-state index is -0.829. The molecular weight excluding hydrogens is 424 g/mol. The molecule has 3 aromatic rings. The Bertz CT molecular complexity index is 1220. The van der Waals surface area contributed by atoms with Crippen molar-refractivity contribution in [3.8, 4) is 0 Å². The summed E-state index contributed by atoms with van der Waals surface area (Å²) in [5.41, 5.74) is 1.40. The summed E-state index contributed by atoms with van der Waals surface area (Å²) in [6.07, 6.45) is 0. The van der Waals surface area contributed by atoms with Crippen molar-refractivity contribution in [2.75, 3.05) is 34.3 Å². The number of fused-ring (bicyclic) bond motifs is 1. The number of aliphatic hydroxyl groups excluding tert-OH is 1. The number of benzene rings is 2. The molecule has 170 valence electrons. The topological polar surface area (TPSA) is 100 Å². The summed E-state index contributed by atoms with van der Waals surface area (Å²) in [4.78, 5) is 41.7. The molecule has 0 saturated carbocycles. The van der Waals surface area contributed by atoms with E-state index in [2.05, 4.69) is 0 Å². The predicted octanol–water partition coefficient (Wildman–Crippen LogP) is 3.36. The predicted molar refractivity (Wildman–Crippen MR) is 121 cm³/mol. The lowest BCUT2D eigenvalue weighted by atomic mass is 9.94. The molecule has 0 spiro atoms. The summed E-state index contributed by atoms with van der Waals surface area (Å²) in [5.74, 6) is -2.24. The van der Waals surface area contributed by atoms with E-state index >= 15 is 0 Å². The Kier molecular flexibility index (Phi) is 6.02. The first-order valence-electron chi connectivity index (χ1n) is 10.4. The second-order valence-electron chi connectivity index (χ2n) is 8.06. The molecule has 0 saturated heterocycles. The fourth-order valence-electron chi connectivity index (χ4n) is 3.92. The molecule has 4 rings (SSSR count). The zero-order valence-corrected chi connectivity index (χ0v) is 18.6. The van der Waals surface area contributed by atoms with Crippen molar-refractivity contribution in [2.24, 2.45) is 0 Å². The molecule has 0 fully saturated rings. The Balaban J connectivity index is 1.77. The molecule has 0 aliphatic carbocycles. The molecular formula is C25H24N2O6. The van der Waals surface area contributed by atoms with E-state index < -0.39 is 29.5 Å². The lowest BCUT2D eigenvalue weighted by Gasteiger charge is -2.28. The van der Waals surface area contributed by atoms with Gasteiger partial charge in [-0.15, -0.1) is 0 Å². The maximum atomic E-state index is 13.5. The zero-order valence-electron chi connectivity index (χ0n) is 18.6. The van der Waals surface area contributed by atoms with Gasteiger partial charge in [0.25, 0.3) is 5.91 Å². The van der Waals surface area contributed by atoms with Gasteiger partial charge in [0.2, 0.25) is 5.78 Å². The van der Waals surface area contributed by atoms with Crippen LogP contribution in [-0.2, 0) is 9.53 Å². The molecule has 8 nitrogen and oxygen atoms in total. The summed E-state index contributed by atoms with van der Waals surface area (Å²) in [6.45, 7) is 0.818. The average molecular weight is 448 g/mol. The number of aliphatic hydroxyl groups is 1. The van der Waals surface area contributed by atoms with Crippen LogP contribution in [0.2, 0.25) is 0 Å². The molecule has 0 bridgehead atoms. The van der Waals surface area contributed by atoms with E-state index in [-0.39, 0.29) is 17.9 Å². The molecule has 0 unspecified atom stereocenters. The third-order valence-electron chi connectivity index (χ3n) is 5.63. The average Bonchev–Trinajstić information content (AvgIpc) is 3.36. The smallest absolute Gasteiger partial charge is 0.337 e. The van der Waals surface area contributed by atoms with Gasteiger partial charge in [0.15, 0.2) is 11.5 Å². The van der Waals surface area contributed by atoms with Crippen LogP contribution < -0.4 is 0 Å². The number of carbonyl (C=O) groups is 3. The van der Waals surface area contributed by atoms with Crippen molar-refractivity contribution in [3.05, 3.63) is 82.8 Å². The quantitative estimate of drug-likeness (QED) is 0.437. The van der Waals surface area contributed by atoms with Crippen molar-refractivity contribution >= 4 is 28.6 Å². The number of furan rings is 1. The van der Waals surface area contributed by atoms with Gasteiger partial charge in [-0.3, -0.25) is 9.59 Å². The van der Waals surface area contributed by atoms with Crippen molar-refractivity contribution in [2.45, 2.75) is 6.04 Å². The van der Waals surface area contributed by atoms with Crippen LogP contribution >= 0.6 is 0 Å². The first-order valence-corrected chi connectivity index (χ1v) is 10.4. The van der Waals surface area contributed by atoms with E-state index in [1.54, 1.807) is 42.5 Å². The summed E-state index contributed by atoms with van der Waals surface area (Å²) in [7, 11) is 5.03. The fraction of sp³-hybridized carbons (Fsp3) is 0.240. The van der Waals surface area contributed by atoms with Crippen molar-refractivity contribution < 1.29 is 28.6 Å². The van der Waals surface area contributed by atoms with E-state index in [4.69, 9.17) is 9.15 Å². The highest BCUT2D eigenvalue weighted by atomic mass is 16.5. The van der Waals surface area contributed by atoms with Gasteiger partial charge in [0.05, 0.1) is 24.3 Å². The van der Waals surface area contributed by atoms with E-state index in [0.717, 1.165) is 5.39 Å².